The average Bonchev–Trinajstić information content (AvgIpc) is 2.70. The highest BCUT2D eigenvalue weighted by Gasteiger charge is 2.09. The van der Waals surface area contributed by atoms with Crippen molar-refractivity contribution in [1.29, 1.82) is 0 Å². The number of hydrogen-bond donors (Lipinski definition) is 1. The third-order valence-electron chi connectivity index (χ3n) is 4.00. The molecule has 3 aromatic carbocycles. The van der Waals surface area contributed by atoms with E-state index in [-0.39, 0.29) is 12.3 Å². The summed E-state index contributed by atoms with van der Waals surface area (Å²) in [5.74, 6) is 0.462. The van der Waals surface area contributed by atoms with E-state index in [1.165, 1.54) is 0 Å². The zero-order valence-corrected chi connectivity index (χ0v) is 20.2. The molecule has 0 aliphatic heterocycles. The van der Waals surface area contributed by atoms with E-state index in [9.17, 15) is 4.79 Å². The van der Waals surface area contributed by atoms with Crippen LogP contribution in [0.5, 0.6) is 5.75 Å². The van der Waals surface area contributed by atoms with Gasteiger partial charge in [0, 0.05) is 10.0 Å². The highest BCUT2D eigenvalue weighted by atomic mass is 79.9. The first-order chi connectivity index (χ1) is 14.4. The van der Waals surface area contributed by atoms with Crippen molar-refractivity contribution >= 4 is 67.2 Å². The van der Waals surface area contributed by atoms with Gasteiger partial charge in [0.2, 0.25) is 5.91 Å². The first kappa shape index (κ1) is 22.8. The molecular weight excluding hydrogens is 555 g/mol. The molecule has 0 heterocycles. The van der Waals surface area contributed by atoms with Gasteiger partial charge in [0.05, 0.1) is 21.6 Å². The summed E-state index contributed by atoms with van der Waals surface area (Å²) in [7, 11) is 0. The Hall–Kier alpha value is -1.86. The minimum absolute atomic E-state index is 0.213. The Labute approximate surface area is 201 Å². The molecule has 0 bridgehead atoms. The van der Waals surface area contributed by atoms with Crippen LogP contribution in [-0.2, 0) is 17.8 Å². The number of hydrogen-bond acceptors (Lipinski definition) is 3. The summed E-state index contributed by atoms with van der Waals surface area (Å²) < 4.78 is 7.43. The second kappa shape index (κ2) is 11.0. The Balaban J connectivity index is 1.57. The molecule has 4 nitrogen and oxygen atoms in total. The second-order valence-electron chi connectivity index (χ2n) is 6.33. The van der Waals surface area contributed by atoms with Crippen LogP contribution in [0.25, 0.3) is 0 Å². The van der Waals surface area contributed by atoms with Crippen molar-refractivity contribution in [1.82, 2.24) is 5.43 Å². The largest absolute Gasteiger partial charge is 0.487 e. The third-order valence-corrected chi connectivity index (χ3v) is 5.68. The zero-order valence-electron chi connectivity index (χ0n) is 15.5. The molecule has 30 heavy (non-hydrogen) atoms. The van der Waals surface area contributed by atoms with E-state index in [1.807, 2.05) is 48.5 Å². The summed E-state index contributed by atoms with van der Waals surface area (Å²) in [6.45, 7) is 0.405. The number of ether oxygens (including phenoxy) is 1. The van der Waals surface area contributed by atoms with Crippen molar-refractivity contribution in [2.75, 3.05) is 0 Å². The predicted octanol–water partition coefficient (Wildman–Crippen LogP) is 6.79. The Bertz CT molecular complexity index is 1030. The first-order valence-electron chi connectivity index (χ1n) is 8.83. The number of hydrazone groups is 1. The summed E-state index contributed by atoms with van der Waals surface area (Å²) in [6.07, 6.45) is 1.79. The monoisotopic (exact) mass is 568 g/mol. The van der Waals surface area contributed by atoms with Gasteiger partial charge >= 0.3 is 0 Å². The minimum atomic E-state index is -0.213. The highest BCUT2D eigenvalue weighted by Crippen LogP contribution is 2.35. The van der Waals surface area contributed by atoms with Crippen LogP contribution in [0.2, 0.25) is 10.0 Å². The lowest BCUT2D eigenvalue weighted by Gasteiger charge is -2.11. The van der Waals surface area contributed by atoms with Gasteiger partial charge in [-0.25, -0.2) is 5.43 Å². The van der Waals surface area contributed by atoms with Crippen LogP contribution in [0.4, 0.5) is 0 Å². The van der Waals surface area contributed by atoms with Gasteiger partial charge in [-0.15, -0.1) is 0 Å². The van der Waals surface area contributed by atoms with E-state index < -0.39 is 0 Å². The standard InChI is InChI=1S/C22H16Br2Cl2N2O2/c23-19-9-16(12-27-28-21(29)11-14-1-5-17(25)6-2-14)10-20(24)22(19)30-13-15-3-7-18(26)8-4-15/h1-10,12H,11,13H2,(H,28,29)/b27-12-. The zero-order chi connectivity index (χ0) is 21.5. The molecule has 154 valence electrons. The Morgan fingerprint density at radius 3 is 2.03 bits per heavy atom. The predicted molar refractivity (Wildman–Crippen MR) is 129 cm³/mol. The molecule has 3 aromatic rings. The van der Waals surface area contributed by atoms with Gasteiger partial charge < -0.3 is 4.74 Å². The molecule has 0 saturated carbocycles. The van der Waals surface area contributed by atoms with Crippen LogP contribution < -0.4 is 10.2 Å². The van der Waals surface area contributed by atoms with Crippen molar-refractivity contribution < 1.29 is 9.53 Å². The van der Waals surface area contributed by atoms with Gasteiger partial charge in [0.1, 0.15) is 12.4 Å². The minimum Gasteiger partial charge on any atom is -0.487 e. The van der Waals surface area contributed by atoms with Gasteiger partial charge in [-0.2, -0.15) is 5.10 Å². The van der Waals surface area contributed by atoms with Crippen LogP contribution in [0.1, 0.15) is 16.7 Å². The number of amides is 1. The van der Waals surface area contributed by atoms with E-state index in [0.29, 0.717) is 22.4 Å². The van der Waals surface area contributed by atoms with Crippen LogP contribution in [0, 0.1) is 0 Å². The van der Waals surface area contributed by atoms with Gasteiger partial charge in [-0.05, 0) is 84.9 Å². The summed E-state index contributed by atoms with van der Waals surface area (Å²) in [5.41, 5.74) is 5.18. The van der Waals surface area contributed by atoms with Gasteiger partial charge in [-0.1, -0.05) is 47.5 Å². The maximum Gasteiger partial charge on any atom is 0.244 e. The summed E-state index contributed by atoms with van der Waals surface area (Å²) in [5, 5.41) is 5.34. The average molecular weight is 571 g/mol. The molecular formula is C22H16Br2Cl2N2O2. The van der Waals surface area contributed by atoms with Crippen LogP contribution in [0.15, 0.2) is 74.7 Å². The van der Waals surface area contributed by atoms with Gasteiger partial charge in [0.25, 0.3) is 0 Å². The maximum atomic E-state index is 12.0. The molecule has 0 aliphatic carbocycles. The molecule has 3 rings (SSSR count). The van der Waals surface area contributed by atoms with Crippen molar-refractivity contribution in [2.45, 2.75) is 13.0 Å². The maximum absolute atomic E-state index is 12.0. The van der Waals surface area contributed by atoms with E-state index in [4.69, 9.17) is 27.9 Å². The fraction of sp³-hybridized carbons (Fsp3) is 0.0909. The molecule has 0 aliphatic rings. The second-order valence-corrected chi connectivity index (χ2v) is 8.91. The molecule has 1 N–H and O–H groups in total. The number of carbonyl (C=O) groups is 1. The number of rotatable bonds is 7. The quantitative estimate of drug-likeness (QED) is 0.251. The summed E-state index contributed by atoms with van der Waals surface area (Å²) in [6, 6.07) is 18.3. The molecule has 8 heteroatoms. The Morgan fingerprint density at radius 2 is 1.47 bits per heavy atom. The number of nitrogens with one attached hydrogen (secondary N) is 1. The van der Waals surface area contributed by atoms with Crippen LogP contribution in [0.3, 0.4) is 0 Å². The summed E-state index contributed by atoms with van der Waals surface area (Å²) >= 11 is 18.8. The Kier molecular flexibility index (Phi) is 8.33. The van der Waals surface area contributed by atoms with Gasteiger partial charge in [0.15, 0.2) is 0 Å². The van der Waals surface area contributed by atoms with Crippen molar-refractivity contribution in [2.24, 2.45) is 5.10 Å². The molecule has 0 fully saturated rings. The fourth-order valence-electron chi connectivity index (χ4n) is 2.53. The number of carbonyl (C=O) groups excluding carboxylic acids is 1. The lowest BCUT2D eigenvalue weighted by molar-refractivity contribution is -0.120. The molecule has 0 spiro atoms. The van der Waals surface area contributed by atoms with Crippen LogP contribution in [-0.4, -0.2) is 12.1 Å². The molecule has 1 amide bonds. The first-order valence-corrected chi connectivity index (χ1v) is 11.2. The Morgan fingerprint density at radius 1 is 0.933 bits per heavy atom. The van der Waals surface area contributed by atoms with Crippen molar-refractivity contribution in [3.63, 3.8) is 0 Å². The van der Waals surface area contributed by atoms with Crippen LogP contribution >= 0.6 is 55.1 Å². The molecule has 0 radical (unpaired) electrons. The van der Waals surface area contributed by atoms with Gasteiger partial charge in [-0.3, -0.25) is 4.79 Å². The van der Waals surface area contributed by atoms with E-state index >= 15 is 0 Å². The molecule has 0 saturated heterocycles. The SMILES string of the molecule is O=C(Cc1ccc(Cl)cc1)N/N=C\c1cc(Br)c(OCc2ccc(Cl)cc2)c(Br)c1. The lowest BCUT2D eigenvalue weighted by atomic mass is 10.1. The fourth-order valence-corrected chi connectivity index (χ4v) is 4.24. The number of benzene rings is 3. The highest BCUT2D eigenvalue weighted by molar-refractivity contribution is 9.11. The smallest absolute Gasteiger partial charge is 0.244 e. The van der Waals surface area contributed by atoms with E-state index in [0.717, 1.165) is 25.6 Å². The van der Waals surface area contributed by atoms with E-state index in [2.05, 4.69) is 42.4 Å². The van der Waals surface area contributed by atoms with Crippen molar-refractivity contribution in [3.05, 3.63) is 96.3 Å². The molecule has 0 unspecified atom stereocenters. The lowest BCUT2D eigenvalue weighted by Crippen LogP contribution is -2.19. The number of nitrogens with zero attached hydrogens (tertiary/aromatic N) is 1. The molecule has 0 atom stereocenters. The normalized spacial score (nSPS) is 10.9. The third kappa shape index (κ3) is 6.84. The number of halogens is 4. The van der Waals surface area contributed by atoms with E-state index in [1.54, 1.807) is 18.3 Å². The van der Waals surface area contributed by atoms with Crippen molar-refractivity contribution in [3.8, 4) is 5.75 Å². The molecule has 0 aromatic heterocycles. The topological polar surface area (TPSA) is 50.7 Å². The summed E-state index contributed by atoms with van der Waals surface area (Å²) in [4.78, 5) is 12.0.